The van der Waals surface area contributed by atoms with Crippen LogP contribution in [0, 0.1) is 0 Å². The van der Waals surface area contributed by atoms with E-state index < -0.39 is 0 Å². The molecule has 0 aliphatic rings. The van der Waals surface area contributed by atoms with Gasteiger partial charge in [-0.25, -0.2) is 4.68 Å². The number of aryl methyl sites for hydroxylation is 2. The van der Waals surface area contributed by atoms with Gasteiger partial charge in [-0.3, -0.25) is 4.79 Å². The zero-order valence-corrected chi connectivity index (χ0v) is 14.9. The Morgan fingerprint density at radius 2 is 1.96 bits per heavy atom. The van der Waals surface area contributed by atoms with Crippen LogP contribution in [-0.4, -0.2) is 22.8 Å². The second-order valence-electron chi connectivity index (χ2n) is 6.12. The van der Waals surface area contributed by atoms with Gasteiger partial charge in [-0.1, -0.05) is 25.5 Å². The first-order valence-corrected chi connectivity index (χ1v) is 8.53. The van der Waals surface area contributed by atoms with Crippen molar-refractivity contribution in [2.24, 2.45) is 7.05 Å². The first-order valence-electron chi connectivity index (χ1n) is 8.53. The number of carbonyl (C=O) groups excluding carboxylic acids is 1. The average molecular weight is 337 g/mol. The highest BCUT2D eigenvalue weighted by Crippen LogP contribution is 2.25. The van der Waals surface area contributed by atoms with Gasteiger partial charge < -0.3 is 10.1 Å². The lowest BCUT2D eigenvalue weighted by atomic mass is 10.1. The van der Waals surface area contributed by atoms with E-state index in [2.05, 4.69) is 29.5 Å². The summed E-state index contributed by atoms with van der Waals surface area (Å²) in [5.41, 5.74) is 3.40. The number of aromatic nitrogens is 2. The summed E-state index contributed by atoms with van der Waals surface area (Å²) < 4.78 is 7.00. The lowest BCUT2D eigenvalue weighted by Crippen LogP contribution is -2.11. The summed E-state index contributed by atoms with van der Waals surface area (Å²) in [6, 6.07) is 13.5. The molecule has 3 rings (SSSR count). The molecule has 0 fully saturated rings. The third-order valence-electron chi connectivity index (χ3n) is 4.27. The minimum atomic E-state index is -0.146. The second kappa shape index (κ2) is 7.38. The molecular formula is C20H23N3O2. The highest BCUT2D eigenvalue weighted by Gasteiger charge is 2.13. The Kier molecular flexibility index (Phi) is 5.03. The van der Waals surface area contributed by atoms with Crippen molar-refractivity contribution in [1.29, 1.82) is 0 Å². The predicted molar refractivity (Wildman–Crippen MR) is 100 cm³/mol. The van der Waals surface area contributed by atoms with E-state index in [1.165, 1.54) is 18.4 Å². The molecule has 2 aromatic carbocycles. The molecule has 0 saturated heterocycles. The average Bonchev–Trinajstić information content (AvgIpc) is 2.95. The van der Waals surface area contributed by atoms with Gasteiger partial charge in [0.1, 0.15) is 0 Å². The van der Waals surface area contributed by atoms with Crippen molar-refractivity contribution in [3.05, 3.63) is 53.6 Å². The van der Waals surface area contributed by atoms with Crippen LogP contribution in [0.15, 0.2) is 42.5 Å². The van der Waals surface area contributed by atoms with Crippen LogP contribution in [0.2, 0.25) is 0 Å². The third kappa shape index (κ3) is 3.65. The molecule has 0 atom stereocenters. The number of methoxy groups -OCH3 is 1. The molecule has 1 N–H and O–H groups in total. The van der Waals surface area contributed by atoms with Gasteiger partial charge in [-0.15, -0.1) is 0 Å². The van der Waals surface area contributed by atoms with Gasteiger partial charge in [0.25, 0.3) is 5.91 Å². The quantitative estimate of drug-likeness (QED) is 0.734. The molecule has 0 saturated carbocycles. The van der Waals surface area contributed by atoms with Crippen LogP contribution in [0.4, 0.5) is 5.69 Å². The first-order chi connectivity index (χ1) is 12.1. The maximum atomic E-state index is 12.5. The van der Waals surface area contributed by atoms with E-state index in [1.807, 2.05) is 25.2 Å². The largest absolute Gasteiger partial charge is 0.481 e. The fraction of sp³-hybridized carbons (Fsp3) is 0.300. The monoisotopic (exact) mass is 337 g/mol. The van der Waals surface area contributed by atoms with E-state index in [0.717, 1.165) is 23.0 Å². The SMILES string of the molecule is CCCCc1ccc(NC(=O)c2ccc3c(OC)n(C)nc3c2)cc1. The second-order valence-corrected chi connectivity index (χ2v) is 6.12. The molecule has 0 radical (unpaired) electrons. The maximum Gasteiger partial charge on any atom is 0.255 e. The number of hydrogen-bond donors (Lipinski definition) is 1. The summed E-state index contributed by atoms with van der Waals surface area (Å²) in [6.07, 6.45) is 3.43. The van der Waals surface area contributed by atoms with Gasteiger partial charge in [0.2, 0.25) is 5.88 Å². The Hall–Kier alpha value is -2.82. The molecule has 25 heavy (non-hydrogen) atoms. The summed E-state index contributed by atoms with van der Waals surface area (Å²) in [7, 11) is 3.43. The first kappa shape index (κ1) is 17.0. The van der Waals surface area contributed by atoms with Crippen molar-refractivity contribution in [1.82, 2.24) is 9.78 Å². The van der Waals surface area contributed by atoms with Crippen LogP contribution in [0.3, 0.4) is 0 Å². The van der Waals surface area contributed by atoms with Crippen molar-refractivity contribution in [3.63, 3.8) is 0 Å². The summed E-state index contributed by atoms with van der Waals surface area (Å²) >= 11 is 0. The Balaban J connectivity index is 1.75. The molecule has 1 amide bonds. The lowest BCUT2D eigenvalue weighted by molar-refractivity contribution is 0.102. The van der Waals surface area contributed by atoms with Crippen molar-refractivity contribution in [2.45, 2.75) is 26.2 Å². The number of rotatable bonds is 6. The van der Waals surface area contributed by atoms with Gasteiger partial charge in [-0.2, -0.15) is 5.10 Å². The molecule has 3 aromatic rings. The molecule has 1 aromatic heterocycles. The zero-order valence-electron chi connectivity index (χ0n) is 14.9. The standard InChI is InChI=1S/C20H23N3O2/c1-4-5-6-14-7-10-16(11-8-14)21-19(24)15-9-12-17-18(13-15)22-23(2)20(17)25-3/h7-13H,4-6H2,1-3H3,(H,21,24). The molecule has 0 spiro atoms. The van der Waals surface area contributed by atoms with Crippen LogP contribution >= 0.6 is 0 Å². The van der Waals surface area contributed by atoms with Crippen molar-refractivity contribution < 1.29 is 9.53 Å². The topological polar surface area (TPSA) is 56.1 Å². The third-order valence-corrected chi connectivity index (χ3v) is 4.27. The van der Waals surface area contributed by atoms with Gasteiger partial charge in [0.05, 0.1) is 18.0 Å². The molecule has 0 unspecified atom stereocenters. The van der Waals surface area contributed by atoms with Crippen LogP contribution in [0.1, 0.15) is 35.7 Å². The van der Waals surface area contributed by atoms with Crippen molar-refractivity contribution in [3.8, 4) is 5.88 Å². The molecule has 5 heteroatoms. The van der Waals surface area contributed by atoms with E-state index in [9.17, 15) is 4.79 Å². The number of fused-ring (bicyclic) bond motifs is 1. The number of nitrogens with one attached hydrogen (secondary N) is 1. The van der Waals surface area contributed by atoms with Crippen LogP contribution < -0.4 is 10.1 Å². The molecule has 5 nitrogen and oxygen atoms in total. The number of unbranched alkanes of at least 4 members (excludes halogenated alkanes) is 1. The zero-order chi connectivity index (χ0) is 17.8. The summed E-state index contributed by atoms with van der Waals surface area (Å²) in [4.78, 5) is 12.5. The van der Waals surface area contributed by atoms with Gasteiger partial charge in [-0.05, 0) is 48.7 Å². The van der Waals surface area contributed by atoms with Crippen LogP contribution in [0.25, 0.3) is 10.9 Å². The molecule has 0 aliphatic carbocycles. The normalized spacial score (nSPS) is 10.8. The van der Waals surface area contributed by atoms with E-state index in [0.29, 0.717) is 11.4 Å². The summed E-state index contributed by atoms with van der Waals surface area (Å²) in [5.74, 6) is 0.539. The number of anilines is 1. The van der Waals surface area contributed by atoms with Gasteiger partial charge in [0, 0.05) is 18.3 Å². The number of hydrogen-bond acceptors (Lipinski definition) is 3. The van der Waals surface area contributed by atoms with Crippen LogP contribution in [-0.2, 0) is 13.5 Å². The fourth-order valence-corrected chi connectivity index (χ4v) is 2.90. The number of carbonyl (C=O) groups is 1. The van der Waals surface area contributed by atoms with E-state index >= 15 is 0 Å². The number of benzene rings is 2. The molecule has 1 heterocycles. The Morgan fingerprint density at radius 3 is 2.64 bits per heavy atom. The van der Waals surface area contributed by atoms with Crippen LogP contribution in [0.5, 0.6) is 5.88 Å². The lowest BCUT2D eigenvalue weighted by Gasteiger charge is -2.07. The smallest absolute Gasteiger partial charge is 0.255 e. The number of ether oxygens (including phenoxy) is 1. The van der Waals surface area contributed by atoms with Gasteiger partial charge >= 0.3 is 0 Å². The molecule has 0 bridgehead atoms. The van der Waals surface area contributed by atoms with Gasteiger partial charge in [0.15, 0.2) is 0 Å². The summed E-state index contributed by atoms with van der Waals surface area (Å²) in [6.45, 7) is 2.18. The maximum absolute atomic E-state index is 12.5. The molecule has 130 valence electrons. The Bertz CT molecular complexity index is 882. The van der Waals surface area contributed by atoms with Crippen molar-refractivity contribution in [2.75, 3.05) is 12.4 Å². The predicted octanol–water partition coefficient (Wildman–Crippen LogP) is 4.18. The van der Waals surface area contributed by atoms with E-state index in [1.54, 1.807) is 23.9 Å². The highest BCUT2D eigenvalue weighted by atomic mass is 16.5. The Labute approximate surface area is 147 Å². The molecular weight excluding hydrogens is 314 g/mol. The minimum absolute atomic E-state index is 0.146. The minimum Gasteiger partial charge on any atom is -0.481 e. The fourth-order valence-electron chi connectivity index (χ4n) is 2.90. The molecule has 0 aliphatic heterocycles. The highest BCUT2D eigenvalue weighted by molar-refractivity contribution is 6.06. The Morgan fingerprint density at radius 1 is 1.20 bits per heavy atom. The summed E-state index contributed by atoms with van der Waals surface area (Å²) in [5, 5.41) is 8.21. The number of amides is 1. The van der Waals surface area contributed by atoms with Crippen molar-refractivity contribution >= 4 is 22.5 Å². The van der Waals surface area contributed by atoms with E-state index in [4.69, 9.17) is 4.74 Å². The van der Waals surface area contributed by atoms with E-state index in [-0.39, 0.29) is 5.91 Å². The number of nitrogens with zero attached hydrogens (tertiary/aromatic N) is 2.